The van der Waals surface area contributed by atoms with Crippen LogP contribution in [-0.2, 0) is 32.3 Å². The van der Waals surface area contributed by atoms with E-state index in [0.717, 1.165) is 28.8 Å². The number of aromatic nitrogens is 3. The number of hydrogen-bond acceptors (Lipinski definition) is 12. The Bertz CT molecular complexity index is 2060. The molecule has 0 bridgehead atoms. The number of rotatable bonds is 10. The normalized spacial score (nSPS) is 22.1. The number of piperidine rings is 1. The van der Waals surface area contributed by atoms with Crippen molar-refractivity contribution in [1.82, 2.24) is 35.4 Å². The molecular formula is C37H42N11O6S+. The first-order valence-corrected chi connectivity index (χ1v) is 19.6. The number of nitrogens with zero attached hydrogens (tertiary/aromatic N) is 6. The Morgan fingerprint density at radius 1 is 0.945 bits per heavy atom. The number of piperazine rings is 1. The minimum atomic E-state index is -1.06. The van der Waals surface area contributed by atoms with E-state index >= 15 is 0 Å². The predicted molar refractivity (Wildman–Crippen MR) is 202 cm³/mol. The molecule has 1 saturated carbocycles. The second-order valence-corrected chi connectivity index (χ2v) is 15.3. The van der Waals surface area contributed by atoms with E-state index in [2.05, 4.69) is 41.5 Å². The Hall–Kier alpha value is -5.78. The molecular weight excluding hydrogens is 727 g/mol. The number of amides is 6. The first-order chi connectivity index (χ1) is 26.7. The molecule has 8 rings (SSSR count). The number of carbonyl (C=O) groups excluding carboxylic acids is 6. The van der Waals surface area contributed by atoms with Crippen LogP contribution in [0.4, 0.5) is 17.1 Å². The van der Waals surface area contributed by atoms with Gasteiger partial charge in [0.2, 0.25) is 23.6 Å². The third-order valence-electron chi connectivity index (χ3n) is 10.7. The van der Waals surface area contributed by atoms with E-state index in [1.165, 1.54) is 36.4 Å². The van der Waals surface area contributed by atoms with Crippen LogP contribution in [0.25, 0.3) is 0 Å². The van der Waals surface area contributed by atoms with Crippen LogP contribution in [0.5, 0.6) is 0 Å². The van der Waals surface area contributed by atoms with Gasteiger partial charge in [-0.15, -0.1) is 5.10 Å². The molecule has 3 aromatic rings. The molecule has 3 atom stereocenters. The van der Waals surface area contributed by atoms with Gasteiger partial charge in [-0.1, -0.05) is 11.3 Å². The fraction of sp³-hybridized carbons (Fsp3) is 0.432. The number of fused-ring (bicyclic) bond motifs is 2. The Morgan fingerprint density at radius 3 is 2.53 bits per heavy atom. The number of amidine groups is 1. The van der Waals surface area contributed by atoms with Crippen LogP contribution in [0.2, 0.25) is 0 Å². The average molecular weight is 769 g/mol. The van der Waals surface area contributed by atoms with Gasteiger partial charge < -0.3 is 20.4 Å². The summed E-state index contributed by atoms with van der Waals surface area (Å²) in [5.74, 6) is -2.03. The Kier molecular flexibility index (Phi) is 10.2. The van der Waals surface area contributed by atoms with Crippen molar-refractivity contribution in [3.05, 3.63) is 65.5 Å². The van der Waals surface area contributed by atoms with Crippen LogP contribution in [0.15, 0.2) is 48.7 Å². The Balaban J connectivity index is 0.782. The lowest BCUT2D eigenvalue weighted by atomic mass is 9.92. The van der Waals surface area contributed by atoms with Crippen LogP contribution >= 0.6 is 11.8 Å². The fourth-order valence-electron chi connectivity index (χ4n) is 7.83. The maximum Gasteiger partial charge on any atom is 0.305 e. The van der Waals surface area contributed by atoms with E-state index in [9.17, 15) is 28.8 Å². The van der Waals surface area contributed by atoms with E-state index < -0.39 is 29.7 Å². The highest BCUT2D eigenvalue weighted by Crippen LogP contribution is 2.32. The molecule has 286 valence electrons. The van der Waals surface area contributed by atoms with Gasteiger partial charge in [0.1, 0.15) is 30.4 Å². The summed E-state index contributed by atoms with van der Waals surface area (Å²) < 4.78 is 1.40. The lowest BCUT2D eigenvalue weighted by Gasteiger charge is -2.36. The fourth-order valence-corrected chi connectivity index (χ4v) is 8.75. The van der Waals surface area contributed by atoms with Crippen molar-refractivity contribution in [2.24, 2.45) is 0 Å². The molecule has 2 aromatic carbocycles. The molecule has 1 unspecified atom stereocenters. The quantitative estimate of drug-likeness (QED) is 0.168. The van der Waals surface area contributed by atoms with Crippen LogP contribution in [0.1, 0.15) is 64.9 Å². The standard InChI is InChI=1S/C37H41N11O6S/c49-30-13-12-29(34(52)42-30)48-35(53)25-4-3-7-28(33(25)36(48)54)38-18-23-19-47(44-43-23)20-31(50)39-22-8-10-24(11-9-22)45-14-16-46(17-15-45)32(51)21-55-37-40-26-5-1-2-6-27(26)41-37/h3-4,7-11,19,26-27,29,38H,1-2,5-6,12-18,20-21H2,(H,39,50)(H,40,41)(H,42,49,52)/p+1/t26-,27-,29?/m1/s1. The van der Waals surface area contributed by atoms with E-state index in [0.29, 0.717) is 48.0 Å². The highest BCUT2D eigenvalue weighted by atomic mass is 32.2. The summed E-state index contributed by atoms with van der Waals surface area (Å²) in [6.07, 6.45) is 6.60. The molecule has 5 N–H and O–H groups in total. The van der Waals surface area contributed by atoms with Gasteiger partial charge in [-0.2, -0.15) is 0 Å². The zero-order chi connectivity index (χ0) is 38.1. The SMILES string of the molecule is O=C1CCC(N2C(=O)c3cccc(NCc4cn(CC(=O)Nc5ccc(N6CCN(C(=O)CSC7=[NH+][C@@H]8CCCC[C@H]8N7)CC6)cc5)nn4)c3C2=O)C(=O)N1. The third kappa shape index (κ3) is 7.76. The Labute approximate surface area is 320 Å². The number of carbonyl (C=O) groups is 6. The second-order valence-electron chi connectivity index (χ2n) is 14.3. The highest BCUT2D eigenvalue weighted by molar-refractivity contribution is 8.14. The van der Waals surface area contributed by atoms with Crippen molar-refractivity contribution < 1.29 is 33.8 Å². The lowest BCUT2D eigenvalue weighted by molar-refractivity contribution is -0.496. The molecule has 0 spiro atoms. The van der Waals surface area contributed by atoms with Crippen LogP contribution in [0.3, 0.4) is 0 Å². The molecule has 17 nitrogen and oxygen atoms in total. The van der Waals surface area contributed by atoms with Crippen molar-refractivity contribution in [2.75, 3.05) is 47.5 Å². The monoisotopic (exact) mass is 768 g/mol. The molecule has 5 heterocycles. The van der Waals surface area contributed by atoms with Gasteiger partial charge in [0.25, 0.3) is 11.8 Å². The summed E-state index contributed by atoms with van der Waals surface area (Å²) in [7, 11) is 0. The van der Waals surface area contributed by atoms with E-state index in [1.54, 1.807) is 30.1 Å². The summed E-state index contributed by atoms with van der Waals surface area (Å²) in [6.45, 7) is 2.84. The molecule has 18 heteroatoms. The molecule has 4 aliphatic heterocycles. The highest BCUT2D eigenvalue weighted by Gasteiger charge is 2.45. The van der Waals surface area contributed by atoms with E-state index in [-0.39, 0.29) is 48.9 Å². The van der Waals surface area contributed by atoms with Crippen LogP contribution in [-0.4, -0.2) is 115 Å². The lowest BCUT2D eigenvalue weighted by Crippen LogP contribution is -2.77. The van der Waals surface area contributed by atoms with Gasteiger partial charge in [0, 0.05) is 49.7 Å². The topological polar surface area (TPSA) is 205 Å². The molecule has 3 fully saturated rings. The summed E-state index contributed by atoms with van der Waals surface area (Å²) >= 11 is 1.57. The number of benzene rings is 2. The molecule has 55 heavy (non-hydrogen) atoms. The van der Waals surface area contributed by atoms with Crippen molar-refractivity contribution in [1.29, 1.82) is 0 Å². The summed E-state index contributed by atoms with van der Waals surface area (Å²) in [5, 5.41) is 21.0. The van der Waals surface area contributed by atoms with E-state index in [1.807, 2.05) is 29.2 Å². The maximum atomic E-state index is 13.4. The Morgan fingerprint density at radius 2 is 1.75 bits per heavy atom. The number of anilines is 3. The largest absolute Gasteiger partial charge is 0.379 e. The molecule has 1 aromatic heterocycles. The first kappa shape index (κ1) is 36.2. The van der Waals surface area contributed by atoms with Gasteiger partial charge in [0.05, 0.1) is 29.6 Å². The zero-order valence-corrected chi connectivity index (χ0v) is 30.9. The number of hydrogen-bond donors (Lipinski definition) is 5. The molecule has 6 amide bonds. The summed E-state index contributed by atoms with van der Waals surface area (Å²) in [4.78, 5) is 85.0. The van der Waals surface area contributed by atoms with Crippen molar-refractivity contribution >= 4 is 69.4 Å². The minimum Gasteiger partial charge on any atom is -0.379 e. The van der Waals surface area contributed by atoms with Gasteiger partial charge >= 0.3 is 5.17 Å². The molecule has 5 aliphatic rings. The number of imide groups is 2. The maximum absolute atomic E-state index is 13.4. The van der Waals surface area contributed by atoms with Gasteiger partial charge in [0.15, 0.2) is 0 Å². The van der Waals surface area contributed by atoms with Crippen molar-refractivity contribution in [2.45, 2.75) is 69.7 Å². The summed E-state index contributed by atoms with van der Waals surface area (Å²) in [6, 6.07) is 12.3. The molecule has 2 saturated heterocycles. The van der Waals surface area contributed by atoms with Gasteiger partial charge in [-0.3, -0.25) is 49.3 Å². The predicted octanol–water partition coefficient (Wildman–Crippen LogP) is -0.337. The van der Waals surface area contributed by atoms with Crippen molar-refractivity contribution in [3.63, 3.8) is 0 Å². The minimum absolute atomic E-state index is 0.0363. The van der Waals surface area contributed by atoms with Gasteiger partial charge in [-0.05, 0) is 80.3 Å². The average Bonchev–Trinajstić information content (AvgIpc) is 3.89. The van der Waals surface area contributed by atoms with Gasteiger partial charge in [-0.25, -0.2) is 4.68 Å². The number of thioether (sulfide) groups is 1. The smallest absolute Gasteiger partial charge is 0.305 e. The third-order valence-corrected chi connectivity index (χ3v) is 11.6. The molecule has 1 aliphatic carbocycles. The second kappa shape index (κ2) is 15.5. The van der Waals surface area contributed by atoms with Crippen LogP contribution < -0.4 is 31.2 Å². The van der Waals surface area contributed by atoms with E-state index in [4.69, 9.17) is 0 Å². The number of nitrogens with one attached hydrogen (secondary N) is 5. The summed E-state index contributed by atoms with van der Waals surface area (Å²) in [5.41, 5.74) is 2.84. The van der Waals surface area contributed by atoms with Crippen molar-refractivity contribution in [3.8, 4) is 0 Å². The first-order valence-electron chi connectivity index (χ1n) is 18.6. The zero-order valence-electron chi connectivity index (χ0n) is 30.1. The van der Waals surface area contributed by atoms with Crippen LogP contribution in [0, 0.1) is 0 Å². The molecule has 0 radical (unpaired) electrons.